The molecule has 0 saturated carbocycles. The summed E-state index contributed by atoms with van der Waals surface area (Å²) in [7, 11) is 1.22. The average Bonchev–Trinajstić information content (AvgIpc) is 2.48. The second kappa shape index (κ2) is 10.2. The maximum Gasteiger partial charge on any atom is 0.573 e. The summed E-state index contributed by atoms with van der Waals surface area (Å²) in [6.07, 6.45) is -7.55. The molecule has 2 rings (SSSR count). The molecule has 1 aromatic rings. The fraction of sp³-hybridized carbons (Fsp3) is 0.571. The highest BCUT2D eigenvalue weighted by Crippen LogP contribution is 2.37. The van der Waals surface area contributed by atoms with Crippen LogP contribution in [0.2, 0.25) is 0 Å². The number of benzene rings is 1. The maximum absolute atomic E-state index is 13.5. The number of nitrogens with zero attached hydrogens (tertiary/aromatic N) is 1. The zero-order valence-corrected chi connectivity index (χ0v) is 14.8. The Labute approximate surface area is 154 Å². The molecule has 0 aliphatic carbocycles. The summed E-state index contributed by atoms with van der Waals surface area (Å²) in [4.78, 5) is 1.59. The Morgan fingerprint density at radius 1 is 1.12 bits per heavy atom. The van der Waals surface area contributed by atoms with E-state index in [-0.39, 0.29) is 36.1 Å². The van der Waals surface area contributed by atoms with Crippen LogP contribution in [-0.4, -0.2) is 51.0 Å². The first kappa shape index (κ1) is 24.0. The third-order valence-corrected chi connectivity index (χ3v) is 3.54. The minimum Gasteiger partial charge on any atom is -0.496 e. The van der Waals surface area contributed by atoms with Crippen molar-refractivity contribution in [2.24, 2.45) is 0 Å². The Morgan fingerprint density at radius 3 is 2.20 bits per heavy atom. The zero-order chi connectivity index (χ0) is 17.0. The van der Waals surface area contributed by atoms with Crippen molar-refractivity contribution in [3.05, 3.63) is 23.8 Å². The fourth-order valence-electron chi connectivity index (χ4n) is 2.59. The summed E-state index contributed by atoms with van der Waals surface area (Å²) in [6.45, 7) is 1.97. The number of rotatable bonds is 5. The number of hydrogen-bond acceptors (Lipinski definition) is 4. The predicted octanol–water partition coefficient (Wildman–Crippen LogP) is 3.65. The quantitative estimate of drug-likeness (QED) is 0.748. The topological polar surface area (TPSA) is 33.7 Å². The van der Waals surface area contributed by atoms with Gasteiger partial charge in [0.2, 0.25) is 0 Å². The van der Waals surface area contributed by atoms with Crippen LogP contribution in [-0.2, 0) is 0 Å². The highest BCUT2D eigenvalue weighted by Gasteiger charge is 2.34. The van der Waals surface area contributed by atoms with Crippen molar-refractivity contribution < 1.29 is 31.4 Å². The molecule has 0 radical (unpaired) electrons. The van der Waals surface area contributed by atoms with Crippen LogP contribution in [0.4, 0.5) is 22.0 Å². The lowest BCUT2D eigenvalue weighted by Gasteiger charge is -2.35. The lowest BCUT2D eigenvalue weighted by molar-refractivity contribution is -0.274. The molecule has 0 aromatic heterocycles. The summed E-state index contributed by atoms with van der Waals surface area (Å²) in [5.74, 6) is -0.568. The molecule has 11 heteroatoms. The van der Waals surface area contributed by atoms with E-state index in [4.69, 9.17) is 4.74 Å². The van der Waals surface area contributed by atoms with Gasteiger partial charge in [0.15, 0.2) is 0 Å². The predicted molar refractivity (Wildman–Crippen MR) is 87.4 cm³/mol. The summed E-state index contributed by atoms with van der Waals surface area (Å²) in [6, 6.07) is 1.94. The molecule has 0 bridgehead atoms. The molecule has 1 saturated heterocycles. The standard InChI is InChI=1S/C14H17F5N2O2.2ClH/c1-22-11-8-9(23-14(17,18)19)2-3-10(11)12(13(15)16)21-6-4-20-5-7-21;;/h2-3,8,12-13,20H,4-7H2,1H3;2*1H/t12-;;/m0../s1. The van der Waals surface area contributed by atoms with Gasteiger partial charge in [-0.05, 0) is 12.1 Å². The Kier molecular flexibility index (Phi) is 9.78. The van der Waals surface area contributed by atoms with Gasteiger partial charge in [-0.1, -0.05) is 0 Å². The van der Waals surface area contributed by atoms with Crippen molar-refractivity contribution in [3.8, 4) is 11.5 Å². The van der Waals surface area contributed by atoms with Gasteiger partial charge in [-0.3, -0.25) is 4.90 Å². The van der Waals surface area contributed by atoms with E-state index in [1.165, 1.54) is 13.2 Å². The molecular weight excluding hydrogens is 394 g/mol. The Bertz CT molecular complexity index is 528. The molecule has 1 heterocycles. The van der Waals surface area contributed by atoms with Crippen molar-refractivity contribution in [1.29, 1.82) is 0 Å². The monoisotopic (exact) mass is 412 g/mol. The van der Waals surface area contributed by atoms with E-state index in [1.807, 2.05) is 0 Å². The van der Waals surface area contributed by atoms with Crippen LogP contribution in [0, 0.1) is 0 Å². The molecule has 4 nitrogen and oxygen atoms in total. The second-order valence-corrected chi connectivity index (χ2v) is 5.02. The molecule has 1 aliphatic heterocycles. The molecule has 0 spiro atoms. The van der Waals surface area contributed by atoms with Gasteiger partial charge in [0.25, 0.3) is 6.43 Å². The molecule has 0 unspecified atom stereocenters. The number of ether oxygens (including phenoxy) is 2. The number of hydrogen-bond donors (Lipinski definition) is 1. The lowest BCUT2D eigenvalue weighted by Crippen LogP contribution is -2.47. The number of methoxy groups -OCH3 is 1. The van der Waals surface area contributed by atoms with Crippen LogP contribution in [0.15, 0.2) is 18.2 Å². The highest BCUT2D eigenvalue weighted by molar-refractivity contribution is 5.85. The third kappa shape index (κ3) is 6.65. The van der Waals surface area contributed by atoms with Crippen molar-refractivity contribution >= 4 is 24.8 Å². The van der Waals surface area contributed by atoms with E-state index in [0.717, 1.165) is 12.1 Å². The van der Waals surface area contributed by atoms with E-state index < -0.39 is 24.6 Å². The van der Waals surface area contributed by atoms with Crippen LogP contribution in [0.25, 0.3) is 0 Å². The van der Waals surface area contributed by atoms with Crippen molar-refractivity contribution in [3.63, 3.8) is 0 Å². The summed E-state index contributed by atoms with van der Waals surface area (Å²) in [5.41, 5.74) is 0.138. The first-order chi connectivity index (χ1) is 10.8. The molecule has 1 atom stereocenters. The Hall–Kier alpha value is -1.03. The van der Waals surface area contributed by atoms with Gasteiger partial charge < -0.3 is 14.8 Å². The van der Waals surface area contributed by atoms with Gasteiger partial charge in [-0.2, -0.15) is 0 Å². The average molecular weight is 413 g/mol. The Balaban J connectivity index is 0.00000288. The minimum absolute atomic E-state index is 0. The van der Waals surface area contributed by atoms with Crippen LogP contribution in [0.5, 0.6) is 11.5 Å². The first-order valence-corrected chi connectivity index (χ1v) is 6.98. The highest BCUT2D eigenvalue weighted by atomic mass is 35.5. The lowest BCUT2D eigenvalue weighted by atomic mass is 10.0. The van der Waals surface area contributed by atoms with Crippen LogP contribution in [0.3, 0.4) is 0 Å². The van der Waals surface area contributed by atoms with Crippen molar-refractivity contribution in [2.75, 3.05) is 33.3 Å². The SMILES string of the molecule is COc1cc(OC(F)(F)F)ccc1[C@@H](C(F)F)N1CCNCC1.Cl.Cl. The fourth-order valence-corrected chi connectivity index (χ4v) is 2.59. The largest absolute Gasteiger partial charge is 0.573 e. The van der Waals surface area contributed by atoms with E-state index in [9.17, 15) is 22.0 Å². The molecule has 1 fully saturated rings. The van der Waals surface area contributed by atoms with Crippen molar-refractivity contribution in [1.82, 2.24) is 10.2 Å². The van der Waals surface area contributed by atoms with Gasteiger partial charge in [0.1, 0.15) is 11.5 Å². The van der Waals surface area contributed by atoms with E-state index in [2.05, 4.69) is 10.1 Å². The third-order valence-electron chi connectivity index (χ3n) is 3.54. The first-order valence-electron chi connectivity index (χ1n) is 6.98. The van der Waals surface area contributed by atoms with Gasteiger partial charge >= 0.3 is 6.36 Å². The summed E-state index contributed by atoms with van der Waals surface area (Å²) >= 11 is 0. The van der Waals surface area contributed by atoms with E-state index in [0.29, 0.717) is 26.2 Å². The van der Waals surface area contributed by atoms with E-state index in [1.54, 1.807) is 4.90 Å². The molecule has 1 aliphatic rings. The van der Waals surface area contributed by atoms with Gasteiger partial charge in [0, 0.05) is 37.8 Å². The molecule has 146 valence electrons. The summed E-state index contributed by atoms with van der Waals surface area (Å²) in [5, 5.41) is 3.06. The molecule has 1 N–H and O–H groups in total. The number of halogens is 7. The maximum atomic E-state index is 13.5. The molecule has 25 heavy (non-hydrogen) atoms. The Morgan fingerprint density at radius 2 is 1.72 bits per heavy atom. The smallest absolute Gasteiger partial charge is 0.496 e. The number of piperazine rings is 1. The summed E-state index contributed by atoms with van der Waals surface area (Å²) < 4.78 is 72.6. The normalized spacial score (nSPS) is 16.6. The van der Waals surface area contributed by atoms with E-state index >= 15 is 0 Å². The number of nitrogens with one attached hydrogen (secondary N) is 1. The number of alkyl halides is 5. The molecule has 0 amide bonds. The van der Waals surface area contributed by atoms with Crippen molar-refractivity contribution in [2.45, 2.75) is 18.8 Å². The second-order valence-electron chi connectivity index (χ2n) is 5.02. The van der Waals surface area contributed by atoms with Gasteiger partial charge in [-0.15, -0.1) is 38.0 Å². The van der Waals surface area contributed by atoms with Gasteiger partial charge in [0.05, 0.1) is 13.2 Å². The van der Waals surface area contributed by atoms with Crippen LogP contribution >= 0.6 is 24.8 Å². The minimum atomic E-state index is -4.85. The van der Waals surface area contributed by atoms with Crippen LogP contribution in [0.1, 0.15) is 11.6 Å². The van der Waals surface area contributed by atoms with Gasteiger partial charge in [-0.25, -0.2) is 8.78 Å². The molecule has 1 aromatic carbocycles. The van der Waals surface area contributed by atoms with Crippen LogP contribution < -0.4 is 14.8 Å². The molecular formula is C14H19Cl2F5N2O2. The zero-order valence-electron chi connectivity index (χ0n) is 13.2.